The van der Waals surface area contributed by atoms with Crippen molar-refractivity contribution in [1.29, 1.82) is 0 Å². The minimum absolute atomic E-state index is 0.00780. The first-order valence-corrected chi connectivity index (χ1v) is 16.3. The summed E-state index contributed by atoms with van der Waals surface area (Å²) < 4.78 is 31.4. The van der Waals surface area contributed by atoms with Gasteiger partial charge in [0.15, 0.2) is 0 Å². The van der Waals surface area contributed by atoms with Crippen molar-refractivity contribution in [2.75, 3.05) is 12.3 Å². The molecular formula is C30H42N6O8S. The van der Waals surface area contributed by atoms with Gasteiger partial charge in [-0.25, -0.2) is 0 Å². The number of nitrogens with two attached hydrogens (primary N) is 1. The van der Waals surface area contributed by atoms with Gasteiger partial charge in [-0.1, -0.05) is 58.0 Å². The number of benzene rings is 1. The molecule has 0 saturated heterocycles. The zero-order valence-electron chi connectivity index (χ0n) is 25.7. The summed E-state index contributed by atoms with van der Waals surface area (Å²) in [6.07, 6.45) is 5.88. The summed E-state index contributed by atoms with van der Waals surface area (Å²) in [5.74, 6) is -4.22. The summed E-state index contributed by atoms with van der Waals surface area (Å²) in [6.45, 7) is 7.12. The number of fused-ring (bicyclic) bond motifs is 1. The lowest BCUT2D eigenvalue weighted by Gasteiger charge is -2.30. The van der Waals surface area contributed by atoms with E-state index in [-0.39, 0.29) is 25.3 Å². The second-order valence-corrected chi connectivity index (χ2v) is 13.5. The molecule has 0 spiro atoms. The molecular weight excluding hydrogens is 604 g/mol. The van der Waals surface area contributed by atoms with Crippen LogP contribution in [0, 0.1) is 11.8 Å². The monoisotopic (exact) mass is 646 g/mol. The minimum atomic E-state index is -4.54. The number of carbonyl (C=O) groups excluding carboxylic acids is 5. The van der Waals surface area contributed by atoms with Crippen molar-refractivity contribution in [2.45, 2.75) is 70.7 Å². The second-order valence-electron chi connectivity index (χ2n) is 12.0. The minimum Gasteiger partial charge on any atom is -0.361 e. The highest BCUT2D eigenvalue weighted by atomic mass is 32.2. The van der Waals surface area contributed by atoms with Crippen LogP contribution in [0.15, 0.2) is 42.6 Å². The van der Waals surface area contributed by atoms with Gasteiger partial charge in [-0.3, -0.25) is 23.7 Å². The number of nitrogens with zero attached hydrogens (tertiary/aromatic N) is 1. The fourth-order valence-corrected chi connectivity index (χ4v) is 5.78. The number of hydrogen-bond donors (Lipinski definition) is 6. The first-order chi connectivity index (χ1) is 21.1. The van der Waals surface area contributed by atoms with Crippen LogP contribution in [0.25, 0.3) is 10.9 Å². The normalized spacial score (nSPS) is 17.6. The van der Waals surface area contributed by atoms with E-state index in [1.54, 1.807) is 20.0 Å². The molecule has 0 aliphatic carbocycles. The number of rotatable bonds is 15. The lowest BCUT2D eigenvalue weighted by atomic mass is 9.99. The predicted octanol–water partition coefficient (Wildman–Crippen LogP) is 0.0479. The summed E-state index contributed by atoms with van der Waals surface area (Å²) in [6, 6.07) is 1.84. The number of H-pyrrole nitrogens is 1. The largest absolute Gasteiger partial charge is 0.361 e. The van der Waals surface area contributed by atoms with Crippen molar-refractivity contribution in [1.82, 2.24) is 25.8 Å². The van der Waals surface area contributed by atoms with Gasteiger partial charge in [-0.15, -0.1) is 0 Å². The average molecular weight is 647 g/mol. The molecule has 246 valence electrons. The predicted molar refractivity (Wildman–Crippen MR) is 167 cm³/mol. The van der Waals surface area contributed by atoms with E-state index in [1.807, 2.05) is 38.1 Å². The van der Waals surface area contributed by atoms with Crippen LogP contribution in [0.3, 0.4) is 0 Å². The van der Waals surface area contributed by atoms with E-state index in [0.29, 0.717) is 6.29 Å². The number of aromatic nitrogens is 1. The van der Waals surface area contributed by atoms with E-state index in [1.165, 1.54) is 12.2 Å². The van der Waals surface area contributed by atoms with E-state index in [2.05, 4.69) is 20.9 Å². The van der Waals surface area contributed by atoms with E-state index < -0.39 is 75.6 Å². The molecule has 3 rings (SSSR count). The van der Waals surface area contributed by atoms with E-state index >= 15 is 0 Å². The van der Waals surface area contributed by atoms with Crippen molar-refractivity contribution in [3.8, 4) is 0 Å². The van der Waals surface area contributed by atoms with E-state index in [9.17, 15) is 32.4 Å². The van der Waals surface area contributed by atoms with Gasteiger partial charge >= 0.3 is 0 Å². The molecule has 2 heterocycles. The summed E-state index contributed by atoms with van der Waals surface area (Å²) in [4.78, 5) is 69.0. The molecule has 4 amide bonds. The zero-order valence-corrected chi connectivity index (χ0v) is 26.5. The SMILES string of the molecule is CC(C)C[C@H](NC(=O)[C@H](NC(=O)[C@@H]1C=CCN1C(=O)[C@H](N)CS(=O)(=O)O)C(C)C)C(=O)N[C@@H](C=O)Cc1c[nH]c2ccccc12. The van der Waals surface area contributed by atoms with Crippen LogP contribution < -0.4 is 21.7 Å². The maximum atomic E-state index is 13.5. The standard InChI is InChI=1S/C30H42N6O8S/c1-17(2)12-24(27(38)33-20(15-37)13-19-14-32-23-9-6-5-8-21(19)23)34-29(40)26(18(3)4)35-28(39)25-10-7-11-36(25)30(41)22(31)16-45(42,43)44/h5-10,14-15,17-18,20,22,24-26,32H,11-13,16,31H2,1-4H3,(H,33,38)(H,34,40)(H,35,39)(H,42,43,44)/t20-,22-,24+,25+,26-/m1/s1. The van der Waals surface area contributed by atoms with Crippen molar-refractivity contribution < 1.29 is 36.9 Å². The lowest BCUT2D eigenvalue weighted by molar-refractivity contribution is -0.139. The van der Waals surface area contributed by atoms with Crippen LogP contribution in [0.5, 0.6) is 0 Å². The van der Waals surface area contributed by atoms with Crippen molar-refractivity contribution in [2.24, 2.45) is 17.6 Å². The summed E-state index contributed by atoms with van der Waals surface area (Å²) in [5.41, 5.74) is 7.41. The van der Waals surface area contributed by atoms with Gasteiger partial charge in [0.1, 0.15) is 30.5 Å². The first kappa shape index (κ1) is 35.4. The average Bonchev–Trinajstić information content (AvgIpc) is 3.61. The second kappa shape index (κ2) is 15.3. The zero-order chi connectivity index (χ0) is 33.5. The van der Waals surface area contributed by atoms with Crippen LogP contribution >= 0.6 is 0 Å². The van der Waals surface area contributed by atoms with Gasteiger partial charge in [-0.2, -0.15) is 8.42 Å². The molecule has 15 heteroatoms. The quantitative estimate of drug-likeness (QED) is 0.0873. The van der Waals surface area contributed by atoms with Crippen LogP contribution in [-0.2, 0) is 40.5 Å². The van der Waals surface area contributed by atoms with Crippen LogP contribution in [-0.4, -0.2) is 95.3 Å². The Balaban J connectivity index is 1.69. The molecule has 0 fully saturated rings. The van der Waals surface area contributed by atoms with Gasteiger partial charge in [0.2, 0.25) is 23.6 Å². The van der Waals surface area contributed by atoms with Crippen molar-refractivity contribution in [3.05, 3.63) is 48.2 Å². The third kappa shape index (κ3) is 9.70. The Morgan fingerprint density at radius 1 is 1.09 bits per heavy atom. The fraction of sp³-hybridized carbons (Fsp3) is 0.500. The molecule has 0 saturated carbocycles. The topological polar surface area (TPSA) is 221 Å². The molecule has 7 N–H and O–H groups in total. The summed E-state index contributed by atoms with van der Waals surface area (Å²) in [5, 5.41) is 9.01. The number of aldehydes is 1. The lowest BCUT2D eigenvalue weighted by Crippen LogP contribution is -2.59. The number of aromatic amines is 1. The Hall–Kier alpha value is -4.08. The van der Waals surface area contributed by atoms with E-state index in [4.69, 9.17) is 10.3 Å². The van der Waals surface area contributed by atoms with Gasteiger partial charge in [-0.05, 0) is 29.9 Å². The Morgan fingerprint density at radius 3 is 2.40 bits per heavy atom. The van der Waals surface area contributed by atoms with E-state index in [0.717, 1.165) is 21.4 Å². The molecule has 14 nitrogen and oxygen atoms in total. The molecule has 0 bridgehead atoms. The van der Waals surface area contributed by atoms with Gasteiger partial charge in [0.25, 0.3) is 10.1 Å². The van der Waals surface area contributed by atoms with Crippen LogP contribution in [0.4, 0.5) is 0 Å². The molecule has 2 aromatic rings. The maximum Gasteiger partial charge on any atom is 0.266 e. The number of carbonyl (C=O) groups is 5. The van der Waals surface area contributed by atoms with Gasteiger partial charge in [0, 0.05) is 30.1 Å². The Morgan fingerprint density at radius 2 is 1.78 bits per heavy atom. The highest BCUT2D eigenvalue weighted by molar-refractivity contribution is 7.85. The Kier molecular flexibility index (Phi) is 12.0. The molecule has 5 atom stereocenters. The highest BCUT2D eigenvalue weighted by Gasteiger charge is 2.37. The first-order valence-electron chi connectivity index (χ1n) is 14.7. The molecule has 1 aliphatic heterocycles. The third-order valence-corrected chi connectivity index (χ3v) is 8.19. The number of para-hydroxylation sites is 1. The van der Waals surface area contributed by atoms with Crippen molar-refractivity contribution >= 4 is 50.9 Å². The third-order valence-electron chi connectivity index (χ3n) is 7.41. The van der Waals surface area contributed by atoms with Gasteiger partial charge in [0.05, 0.1) is 11.8 Å². The summed E-state index contributed by atoms with van der Waals surface area (Å²) >= 11 is 0. The molecule has 0 unspecified atom stereocenters. The molecule has 1 aromatic carbocycles. The van der Waals surface area contributed by atoms with Crippen LogP contribution in [0.1, 0.15) is 39.7 Å². The maximum absolute atomic E-state index is 13.5. The molecule has 1 aliphatic rings. The Bertz CT molecular complexity index is 1540. The smallest absolute Gasteiger partial charge is 0.266 e. The highest BCUT2D eigenvalue weighted by Crippen LogP contribution is 2.19. The van der Waals surface area contributed by atoms with Crippen LogP contribution in [0.2, 0.25) is 0 Å². The number of amides is 4. The summed E-state index contributed by atoms with van der Waals surface area (Å²) in [7, 11) is -4.54. The molecule has 0 radical (unpaired) electrons. The van der Waals surface area contributed by atoms with Crippen molar-refractivity contribution in [3.63, 3.8) is 0 Å². The number of nitrogens with one attached hydrogen (secondary N) is 4. The number of hydrogen-bond acceptors (Lipinski definition) is 8. The molecule has 45 heavy (non-hydrogen) atoms. The van der Waals surface area contributed by atoms with Gasteiger partial charge < -0.3 is 36.4 Å². The molecule has 1 aromatic heterocycles. The fourth-order valence-electron chi connectivity index (χ4n) is 5.18. The Labute approximate surface area is 262 Å².